The van der Waals surface area contributed by atoms with E-state index in [0.29, 0.717) is 22.5 Å². The van der Waals surface area contributed by atoms with Gasteiger partial charge in [0.1, 0.15) is 11.9 Å². The number of hydrogen-bond acceptors (Lipinski definition) is 5. The number of hydrogen-bond donors (Lipinski definition) is 2. The van der Waals surface area contributed by atoms with Crippen LogP contribution in [0.1, 0.15) is 43.0 Å². The molecule has 0 saturated carbocycles. The fourth-order valence-electron chi connectivity index (χ4n) is 3.70. The summed E-state index contributed by atoms with van der Waals surface area (Å²) in [4.78, 5) is 27.0. The van der Waals surface area contributed by atoms with Gasteiger partial charge >= 0.3 is 5.97 Å². The molecule has 0 aliphatic carbocycles. The van der Waals surface area contributed by atoms with Crippen molar-refractivity contribution >= 4 is 14.8 Å². The van der Waals surface area contributed by atoms with Gasteiger partial charge in [0.05, 0.1) is 29.6 Å². The fourth-order valence-corrected chi connectivity index (χ4v) is 4.43. The Labute approximate surface area is 194 Å². The number of aliphatic hydroxyl groups excluding tert-OH is 1. The van der Waals surface area contributed by atoms with Crippen molar-refractivity contribution in [3.05, 3.63) is 77.6 Å². The smallest absolute Gasteiger partial charge is 0.322 e. The van der Waals surface area contributed by atoms with Crippen molar-refractivity contribution in [3.8, 4) is 35.0 Å². The average Bonchev–Trinajstić information content (AvgIpc) is 2.80. The number of esters is 1. The van der Waals surface area contributed by atoms with E-state index in [9.17, 15) is 19.2 Å². The minimum Gasteiger partial charge on any atom is -0.391 e. The standard InChI is InChI=1S/C26H25FNO4P/c1-4-32-23(30)15-22(29)26(33-31)24-20(16(2)3)14-21(17-8-6-5-7-9-17)28-25(24)18-10-12-19(27)13-11-18/h1,5-14,16,22,26,29,31,33H,15H2,2-3H3. The summed E-state index contributed by atoms with van der Waals surface area (Å²) in [7, 11) is -0.724. The van der Waals surface area contributed by atoms with E-state index >= 15 is 0 Å². The minimum atomic E-state index is -1.25. The molecule has 2 N–H and O–H groups in total. The zero-order valence-corrected chi connectivity index (χ0v) is 19.3. The molecule has 0 aliphatic rings. The molecule has 0 fully saturated rings. The van der Waals surface area contributed by atoms with Gasteiger partial charge in [-0.05, 0) is 47.4 Å². The first kappa shape index (κ1) is 24.5. The monoisotopic (exact) mass is 465 g/mol. The minimum absolute atomic E-state index is 0.00775. The molecular formula is C26H25FNO4P. The number of pyridine rings is 1. The maximum absolute atomic E-state index is 13.7. The summed E-state index contributed by atoms with van der Waals surface area (Å²) in [5, 5.41) is 10.9. The van der Waals surface area contributed by atoms with Crippen LogP contribution in [0.4, 0.5) is 4.39 Å². The van der Waals surface area contributed by atoms with Crippen LogP contribution in [0.5, 0.6) is 0 Å². The van der Waals surface area contributed by atoms with Gasteiger partial charge in [-0.3, -0.25) is 4.79 Å². The van der Waals surface area contributed by atoms with Gasteiger partial charge in [0.15, 0.2) is 0 Å². The van der Waals surface area contributed by atoms with Crippen LogP contribution in [-0.2, 0) is 9.53 Å². The average molecular weight is 465 g/mol. The van der Waals surface area contributed by atoms with E-state index in [2.05, 4.69) is 4.74 Å². The molecule has 170 valence electrons. The summed E-state index contributed by atoms with van der Waals surface area (Å²) < 4.78 is 18.2. The molecule has 1 aromatic heterocycles. The Morgan fingerprint density at radius 2 is 1.82 bits per heavy atom. The molecule has 0 radical (unpaired) electrons. The van der Waals surface area contributed by atoms with Crippen LogP contribution < -0.4 is 0 Å². The topological polar surface area (TPSA) is 79.7 Å². The van der Waals surface area contributed by atoms with Gasteiger partial charge in [-0.25, -0.2) is 9.37 Å². The molecule has 0 aliphatic heterocycles. The highest BCUT2D eigenvalue weighted by Crippen LogP contribution is 2.45. The predicted octanol–water partition coefficient (Wildman–Crippen LogP) is 5.19. The lowest BCUT2D eigenvalue weighted by Crippen LogP contribution is -2.22. The van der Waals surface area contributed by atoms with Crippen molar-refractivity contribution in [2.45, 2.75) is 37.9 Å². The third-order valence-corrected chi connectivity index (χ3v) is 6.23. The van der Waals surface area contributed by atoms with Crippen LogP contribution in [0, 0.1) is 18.3 Å². The predicted molar refractivity (Wildman–Crippen MR) is 128 cm³/mol. The normalized spacial score (nSPS) is 13.1. The van der Waals surface area contributed by atoms with Crippen molar-refractivity contribution in [1.82, 2.24) is 4.98 Å². The molecule has 7 heteroatoms. The number of benzene rings is 2. The summed E-state index contributed by atoms with van der Waals surface area (Å²) in [6, 6.07) is 17.4. The zero-order chi connectivity index (χ0) is 24.0. The molecule has 3 rings (SSSR count). The van der Waals surface area contributed by atoms with E-state index in [0.717, 1.165) is 11.1 Å². The number of aliphatic hydroxyl groups is 1. The number of rotatable bonds is 8. The van der Waals surface area contributed by atoms with Crippen LogP contribution in [0.2, 0.25) is 0 Å². The SMILES string of the molecule is C#COC(=O)CC(O)C(PO)c1c(C(C)C)cc(-c2ccccc2)nc1-c1ccc(F)cc1. The Balaban J connectivity index is 2.24. The van der Waals surface area contributed by atoms with E-state index in [1.165, 1.54) is 12.1 Å². The van der Waals surface area contributed by atoms with Gasteiger partial charge in [-0.2, -0.15) is 0 Å². The first-order valence-electron chi connectivity index (χ1n) is 10.4. The number of aromatic nitrogens is 1. The molecule has 2 aromatic carbocycles. The Morgan fingerprint density at radius 3 is 2.39 bits per heavy atom. The van der Waals surface area contributed by atoms with Gasteiger partial charge < -0.3 is 14.7 Å². The van der Waals surface area contributed by atoms with Crippen LogP contribution in [-0.4, -0.2) is 27.1 Å². The molecule has 3 aromatic rings. The molecule has 0 saturated heterocycles. The Kier molecular flexibility index (Phi) is 8.30. The molecule has 33 heavy (non-hydrogen) atoms. The number of terminal acetylenes is 1. The van der Waals surface area contributed by atoms with E-state index in [4.69, 9.17) is 11.4 Å². The number of ether oxygens (including phenoxy) is 1. The lowest BCUT2D eigenvalue weighted by Gasteiger charge is -2.27. The molecule has 0 spiro atoms. The maximum atomic E-state index is 13.7. The highest BCUT2D eigenvalue weighted by molar-refractivity contribution is 7.31. The van der Waals surface area contributed by atoms with E-state index < -0.39 is 26.5 Å². The second-order valence-corrected chi connectivity index (χ2v) is 8.74. The highest BCUT2D eigenvalue weighted by Gasteiger charge is 2.31. The van der Waals surface area contributed by atoms with E-state index in [1.54, 1.807) is 18.2 Å². The van der Waals surface area contributed by atoms with Crippen LogP contribution in [0.15, 0.2) is 60.7 Å². The molecular weight excluding hydrogens is 440 g/mol. The largest absolute Gasteiger partial charge is 0.391 e. The van der Waals surface area contributed by atoms with Gasteiger partial charge in [0.25, 0.3) is 0 Å². The third-order valence-electron chi connectivity index (χ3n) is 5.28. The number of carbonyl (C=O) groups is 1. The van der Waals surface area contributed by atoms with Crippen molar-refractivity contribution in [3.63, 3.8) is 0 Å². The Morgan fingerprint density at radius 1 is 1.15 bits per heavy atom. The van der Waals surface area contributed by atoms with Crippen molar-refractivity contribution in [2.24, 2.45) is 0 Å². The van der Waals surface area contributed by atoms with Crippen molar-refractivity contribution in [2.75, 3.05) is 0 Å². The first-order valence-corrected chi connectivity index (χ1v) is 11.5. The molecule has 3 unspecified atom stereocenters. The summed E-state index contributed by atoms with van der Waals surface area (Å²) in [6.45, 7) is 4.00. The van der Waals surface area contributed by atoms with Gasteiger partial charge in [0.2, 0.25) is 0 Å². The maximum Gasteiger partial charge on any atom is 0.322 e. The number of carbonyl (C=O) groups excluding carboxylic acids is 1. The van der Waals surface area contributed by atoms with Crippen LogP contribution >= 0.6 is 8.81 Å². The number of halogens is 1. The first-order chi connectivity index (χ1) is 15.8. The molecule has 0 bridgehead atoms. The zero-order valence-electron chi connectivity index (χ0n) is 18.3. The summed E-state index contributed by atoms with van der Waals surface area (Å²) in [5.41, 5.74) is 3.41. The fraction of sp³-hybridized carbons (Fsp3) is 0.231. The number of nitrogens with zero attached hydrogens (tertiary/aromatic N) is 1. The highest BCUT2D eigenvalue weighted by atomic mass is 31.1. The van der Waals surface area contributed by atoms with E-state index in [-0.39, 0.29) is 18.2 Å². The third kappa shape index (κ3) is 5.83. The second kappa shape index (κ2) is 11.2. The lowest BCUT2D eigenvalue weighted by atomic mass is 9.88. The van der Waals surface area contributed by atoms with Crippen molar-refractivity contribution < 1.29 is 23.9 Å². The molecule has 0 amide bonds. The van der Waals surface area contributed by atoms with Crippen LogP contribution in [0.25, 0.3) is 22.5 Å². The molecule has 1 heterocycles. The van der Waals surface area contributed by atoms with E-state index in [1.807, 2.05) is 50.2 Å². The molecule has 3 atom stereocenters. The quantitative estimate of drug-likeness (QED) is 0.272. The van der Waals surface area contributed by atoms with Crippen molar-refractivity contribution in [1.29, 1.82) is 0 Å². The van der Waals surface area contributed by atoms with Gasteiger partial charge in [-0.1, -0.05) is 50.6 Å². The van der Waals surface area contributed by atoms with Crippen LogP contribution in [0.3, 0.4) is 0 Å². The summed E-state index contributed by atoms with van der Waals surface area (Å²) in [6.07, 6.45) is 5.17. The molecule has 5 nitrogen and oxygen atoms in total. The lowest BCUT2D eigenvalue weighted by molar-refractivity contribution is -0.138. The summed E-state index contributed by atoms with van der Waals surface area (Å²) >= 11 is 0. The summed E-state index contributed by atoms with van der Waals surface area (Å²) in [5.74, 6) is -1.15. The van der Waals surface area contributed by atoms with Gasteiger partial charge in [-0.15, -0.1) is 0 Å². The Bertz CT molecular complexity index is 1140. The van der Waals surface area contributed by atoms with Gasteiger partial charge in [0, 0.05) is 19.9 Å². The second-order valence-electron chi connectivity index (χ2n) is 7.86. The Hall–Kier alpha value is -3.10.